The molecule has 3 rings (SSSR count). The smallest absolute Gasteiger partial charge is 0.307 e. The van der Waals surface area contributed by atoms with Crippen molar-refractivity contribution in [3.8, 4) is 11.4 Å². The largest absolute Gasteiger partial charge is 0.481 e. The van der Waals surface area contributed by atoms with Crippen LogP contribution in [-0.4, -0.2) is 21.2 Å². The van der Waals surface area contributed by atoms with Crippen molar-refractivity contribution < 1.29 is 14.4 Å². The van der Waals surface area contributed by atoms with Gasteiger partial charge in [0.15, 0.2) is 0 Å². The van der Waals surface area contributed by atoms with Gasteiger partial charge >= 0.3 is 5.97 Å². The number of nitrogens with zero attached hydrogens (tertiary/aromatic N) is 2. The highest BCUT2D eigenvalue weighted by Crippen LogP contribution is 2.38. The Balaban J connectivity index is 1.91. The summed E-state index contributed by atoms with van der Waals surface area (Å²) in [5.74, 6) is -0.641. The number of hydrogen-bond donors (Lipinski definition) is 1. The Hall–Kier alpha value is -1.88. The zero-order valence-electron chi connectivity index (χ0n) is 11.3. The number of halogens is 1. The van der Waals surface area contributed by atoms with E-state index in [1.54, 1.807) is 6.07 Å². The number of aliphatic carboxylic acids is 1. The van der Waals surface area contributed by atoms with Gasteiger partial charge in [0.2, 0.25) is 11.7 Å². The number of rotatable bonds is 3. The Morgan fingerprint density at radius 2 is 2.05 bits per heavy atom. The van der Waals surface area contributed by atoms with Gasteiger partial charge in [-0.1, -0.05) is 41.7 Å². The molecule has 0 radical (unpaired) electrons. The molecule has 2 aromatic rings. The average Bonchev–Trinajstić information content (AvgIpc) is 2.97. The lowest BCUT2D eigenvalue weighted by molar-refractivity contribution is -0.143. The summed E-state index contributed by atoms with van der Waals surface area (Å²) < 4.78 is 5.31. The van der Waals surface area contributed by atoms with E-state index in [0.717, 1.165) is 19.3 Å². The SMILES string of the molecule is O=C(O)C1CCCCC1c1nc(-c2ccccc2Cl)no1. The molecule has 2 atom stereocenters. The summed E-state index contributed by atoms with van der Waals surface area (Å²) in [6.45, 7) is 0. The van der Waals surface area contributed by atoms with Gasteiger partial charge in [-0.2, -0.15) is 4.98 Å². The Morgan fingerprint density at radius 3 is 2.81 bits per heavy atom. The van der Waals surface area contributed by atoms with Crippen LogP contribution in [0.5, 0.6) is 0 Å². The second kappa shape index (κ2) is 5.85. The molecule has 1 fully saturated rings. The summed E-state index contributed by atoms with van der Waals surface area (Å²) in [4.78, 5) is 15.7. The Labute approximate surface area is 126 Å². The monoisotopic (exact) mass is 306 g/mol. The van der Waals surface area contributed by atoms with Gasteiger partial charge < -0.3 is 9.63 Å². The molecule has 0 spiro atoms. The minimum absolute atomic E-state index is 0.208. The zero-order valence-corrected chi connectivity index (χ0v) is 12.1. The van der Waals surface area contributed by atoms with Gasteiger partial charge in [0.25, 0.3) is 0 Å². The van der Waals surface area contributed by atoms with Gasteiger partial charge in [-0.25, -0.2) is 0 Å². The second-order valence-electron chi connectivity index (χ2n) is 5.27. The van der Waals surface area contributed by atoms with E-state index in [4.69, 9.17) is 16.1 Å². The number of aromatic nitrogens is 2. The fraction of sp³-hybridized carbons (Fsp3) is 0.400. The number of carboxylic acids is 1. The number of carbonyl (C=O) groups is 1. The summed E-state index contributed by atoms with van der Waals surface area (Å²) in [5, 5.41) is 13.8. The number of hydrogen-bond acceptors (Lipinski definition) is 4. The third kappa shape index (κ3) is 2.78. The minimum atomic E-state index is -0.794. The fourth-order valence-corrected chi connectivity index (χ4v) is 3.08. The number of carboxylic acid groups (broad SMARTS) is 1. The van der Waals surface area contributed by atoms with E-state index in [1.165, 1.54) is 0 Å². The van der Waals surface area contributed by atoms with E-state index in [1.807, 2.05) is 18.2 Å². The number of benzene rings is 1. The van der Waals surface area contributed by atoms with E-state index in [-0.39, 0.29) is 5.92 Å². The van der Waals surface area contributed by atoms with Gasteiger partial charge in [0.1, 0.15) is 0 Å². The third-order valence-corrected chi connectivity index (χ3v) is 4.29. The van der Waals surface area contributed by atoms with Crippen LogP contribution in [-0.2, 0) is 4.79 Å². The molecule has 1 heterocycles. The molecule has 1 N–H and O–H groups in total. The van der Waals surface area contributed by atoms with Crippen LogP contribution in [0, 0.1) is 5.92 Å². The standard InChI is InChI=1S/C15H15ClN2O3/c16-12-8-4-3-7-11(12)13-17-14(21-18-13)9-5-1-2-6-10(9)15(19)20/h3-4,7-10H,1-2,5-6H2,(H,19,20). The normalized spacial score (nSPS) is 22.1. The molecule has 0 bridgehead atoms. The van der Waals surface area contributed by atoms with Crippen molar-refractivity contribution in [2.45, 2.75) is 31.6 Å². The van der Waals surface area contributed by atoms with Crippen molar-refractivity contribution in [3.63, 3.8) is 0 Å². The van der Waals surface area contributed by atoms with Crippen molar-refractivity contribution in [2.75, 3.05) is 0 Å². The van der Waals surface area contributed by atoms with Gasteiger partial charge in [-0.05, 0) is 25.0 Å². The molecular weight excluding hydrogens is 292 g/mol. The quantitative estimate of drug-likeness (QED) is 0.934. The van der Waals surface area contributed by atoms with E-state index < -0.39 is 11.9 Å². The van der Waals surface area contributed by atoms with Gasteiger partial charge in [0, 0.05) is 5.56 Å². The highest BCUT2D eigenvalue weighted by molar-refractivity contribution is 6.33. The molecule has 1 aromatic carbocycles. The summed E-state index contributed by atoms with van der Waals surface area (Å²) >= 11 is 6.12. The van der Waals surface area contributed by atoms with Crippen LogP contribution in [0.25, 0.3) is 11.4 Å². The lowest BCUT2D eigenvalue weighted by atomic mass is 9.79. The summed E-state index contributed by atoms with van der Waals surface area (Å²) in [6, 6.07) is 7.24. The topological polar surface area (TPSA) is 76.2 Å². The van der Waals surface area contributed by atoms with Crippen molar-refractivity contribution in [1.82, 2.24) is 10.1 Å². The first-order chi connectivity index (χ1) is 10.2. The maximum Gasteiger partial charge on any atom is 0.307 e. The van der Waals surface area contributed by atoms with Crippen LogP contribution >= 0.6 is 11.6 Å². The van der Waals surface area contributed by atoms with Gasteiger partial charge in [-0.3, -0.25) is 4.79 Å². The molecule has 1 saturated carbocycles. The molecule has 1 aromatic heterocycles. The Kier molecular flexibility index (Phi) is 3.92. The van der Waals surface area contributed by atoms with Gasteiger partial charge in [0.05, 0.1) is 16.9 Å². The van der Waals surface area contributed by atoms with Crippen LogP contribution in [0.2, 0.25) is 5.02 Å². The first-order valence-corrected chi connectivity index (χ1v) is 7.36. The minimum Gasteiger partial charge on any atom is -0.481 e. The Bertz CT molecular complexity index is 656. The Morgan fingerprint density at radius 1 is 1.29 bits per heavy atom. The third-order valence-electron chi connectivity index (χ3n) is 3.96. The maximum absolute atomic E-state index is 11.4. The predicted octanol–water partition coefficient (Wildman–Crippen LogP) is 3.75. The van der Waals surface area contributed by atoms with Crippen LogP contribution in [0.1, 0.15) is 37.5 Å². The van der Waals surface area contributed by atoms with E-state index in [0.29, 0.717) is 28.7 Å². The summed E-state index contributed by atoms with van der Waals surface area (Å²) in [7, 11) is 0. The molecule has 6 heteroatoms. The molecule has 1 aliphatic carbocycles. The lowest BCUT2D eigenvalue weighted by Gasteiger charge is -2.25. The summed E-state index contributed by atoms with van der Waals surface area (Å²) in [5.41, 5.74) is 0.692. The van der Waals surface area contributed by atoms with Crippen LogP contribution in [0.4, 0.5) is 0 Å². The molecule has 110 valence electrons. The maximum atomic E-state index is 11.4. The molecule has 1 aliphatic rings. The van der Waals surface area contributed by atoms with Crippen molar-refractivity contribution in [2.24, 2.45) is 5.92 Å². The second-order valence-corrected chi connectivity index (χ2v) is 5.68. The molecule has 0 amide bonds. The van der Waals surface area contributed by atoms with E-state index in [9.17, 15) is 9.90 Å². The highest BCUT2D eigenvalue weighted by atomic mass is 35.5. The van der Waals surface area contributed by atoms with E-state index >= 15 is 0 Å². The molecular formula is C15H15ClN2O3. The molecule has 0 saturated heterocycles. The van der Waals surface area contributed by atoms with Crippen molar-refractivity contribution in [1.29, 1.82) is 0 Å². The van der Waals surface area contributed by atoms with Crippen LogP contribution in [0.15, 0.2) is 28.8 Å². The van der Waals surface area contributed by atoms with Crippen molar-refractivity contribution in [3.05, 3.63) is 35.2 Å². The summed E-state index contributed by atoms with van der Waals surface area (Å²) in [6.07, 6.45) is 3.34. The first-order valence-electron chi connectivity index (χ1n) is 6.98. The lowest BCUT2D eigenvalue weighted by Crippen LogP contribution is -2.25. The molecule has 5 nitrogen and oxygen atoms in total. The molecule has 21 heavy (non-hydrogen) atoms. The zero-order chi connectivity index (χ0) is 14.8. The molecule has 2 unspecified atom stereocenters. The first kappa shape index (κ1) is 14.1. The predicted molar refractivity (Wildman–Crippen MR) is 77.1 cm³/mol. The highest BCUT2D eigenvalue weighted by Gasteiger charge is 2.35. The van der Waals surface area contributed by atoms with Crippen molar-refractivity contribution >= 4 is 17.6 Å². The average molecular weight is 307 g/mol. The molecule has 0 aliphatic heterocycles. The van der Waals surface area contributed by atoms with E-state index in [2.05, 4.69) is 10.1 Å². The van der Waals surface area contributed by atoms with Gasteiger partial charge in [-0.15, -0.1) is 0 Å². The fourth-order valence-electron chi connectivity index (χ4n) is 2.86. The van der Waals surface area contributed by atoms with Crippen LogP contribution < -0.4 is 0 Å². The van der Waals surface area contributed by atoms with Crippen LogP contribution in [0.3, 0.4) is 0 Å².